The number of aryl methyl sites for hydroxylation is 2. The molecule has 0 unspecified atom stereocenters. The van der Waals surface area contributed by atoms with Crippen LogP contribution in [-0.4, -0.2) is 76.3 Å². The number of methoxy groups -OCH3 is 1. The molecule has 12 heteroatoms. The molecule has 3 aromatic carbocycles. The SMILES string of the molecule is CC.CC.COCOc1ccc(OC(=O)c2ccc(OC(=O)OCCCCO)cc2)c(C)c1.Cc1ccc(OCOCOCCCCO)cc1. The Bertz CT molecular complexity index is 1260. The molecule has 50 heavy (non-hydrogen) atoms. The van der Waals surface area contributed by atoms with Gasteiger partial charge in [-0.2, -0.15) is 0 Å². The first-order chi connectivity index (χ1) is 24.4. The zero-order valence-electron chi connectivity index (χ0n) is 30.6. The van der Waals surface area contributed by atoms with E-state index in [0.717, 1.165) is 24.2 Å². The van der Waals surface area contributed by atoms with E-state index < -0.39 is 12.1 Å². The Morgan fingerprint density at radius 2 is 1.20 bits per heavy atom. The molecule has 0 aromatic heterocycles. The largest absolute Gasteiger partial charge is 0.513 e. The van der Waals surface area contributed by atoms with Crippen LogP contribution >= 0.6 is 0 Å². The van der Waals surface area contributed by atoms with Crippen molar-refractivity contribution in [2.24, 2.45) is 0 Å². The molecule has 0 fully saturated rings. The van der Waals surface area contributed by atoms with Gasteiger partial charge in [-0.25, -0.2) is 9.59 Å². The molecular formula is C38H56O12. The summed E-state index contributed by atoms with van der Waals surface area (Å²) < 4.78 is 41.1. The number of rotatable bonds is 19. The van der Waals surface area contributed by atoms with Crippen LogP contribution in [0.4, 0.5) is 4.79 Å². The number of unbranched alkanes of at least 4 members (excludes halogenated alkanes) is 2. The second-order valence-corrected chi connectivity index (χ2v) is 9.76. The number of ether oxygens (including phenoxy) is 8. The smallest absolute Gasteiger partial charge is 0.468 e. The summed E-state index contributed by atoms with van der Waals surface area (Å²) in [7, 11) is 1.53. The van der Waals surface area contributed by atoms with Crippen LogP contribution in [0.25, 0.3) is 0 Å². The molecule has 3 aromatic rings. The molecule has 0 aliphatic heterocycles. The average molecular weight is 705 g/mol. The Kier molecular flexibility index (Phi) is 28.2. The van der Waals surface area contributed by atoms with Gasteiger partial charge >= 0.3 is 12.1 Å². The monoisotopic (exact) mass is 704 g/mol. The Hall–Kier alpha value is -4.20. The van der Waals surface area contributed by atoms with E-state index in [1.807, 2.05) is 58.9 Å². The van der Waals surface area contributed by atoms with Crippen LogP contribution < -0.4 is 18.9 Å². The predicted octanol–water partition coefficient (Wildman–Crippen LogP) is 7.63. The fraction of sp³-hybridized carbons (Fsp3) is 0.474. The van der Waals surface area contributed by atoms with Gasteiger partial charge in [-0.05, 0) is 99.7 Å². The lowest BCUT2D eigenvalue weighted by molar-refractivity contribution is -0.0997. The summed E-state index contributed by atoms with van der Waals surface area (Å²) in [5.74, 6) is 1.50. The van der Waals surface area contributed by atoms with Gasteiger partial charge in [0.25, 0.3) is 0 Å². The highest BCUT2D eigenvalue weighted by atomic mass is 16.7. The molecule has 0 spiro atoms. The first kappa shape index (κ1) is 45.8. The molecule has 2 N–H and O–H groups in total. The van der Waals surface area contributed by atoms with Gasteiger partial charge in [0.05, 0.1) is 12.2 Å². The van der Waals surface area contributed by atoms with Gasteiger partial charge in [-0.15, -0.1) is 0 Å². The number of benzene rings is 3. The molecule has 0 aliphatic carbocycles. The number of aliphatic hydroxyl groups excluding tert-OH is 2. The zero-order chi connectivity index (χ0) is 37.4. The van der Waals surface area contributed by atoms with Crippen LogP contribution in [-0.2, 0) is 18.9 Å². The molecule has 0 amide bonds. The van der Waals surface area contributed by atoms with Gasteiger partial charge in [0.2, 0.25) is 0 Å². The highest BCUT2D eigenvalue weighted by molar-refractivity contribution is 5.91. The molecule has 3 rings (SSSR count). The molecule has 0 bridgehead atoms. The molecule has 12 nitrogen and oxygen atoms in total. The van der Waals surface area contributed by atoms with Crippen molar-refractivity contribution < 1.29 is 57.7 Å². The summed E-state index contributed by atoms with van der Waals surface area (Å²) in [5, 5.41) is 17.2. The van der Waals surface area contributed by atoms with E-state index in [9.17, 15) is 9.59 Å². The third-order valence-corrected chi connectivity index (χ3v) is 5.95. The maximum atomic E-state index is 12.3. The molecule has 0 aliphatic rings. The van der Waals surface area contributed by atoms with Crippen LogP contribution in [0.1, 0.15) is 74.9 Å². The van der Waals surface area contributed by atoms with Crippen molar-refractivity contribution in [1.29, 1.82) is 0 Å². The molecule has 0 saturated heterocycles. The molecular weight excluding hydrogens is 648 g/mol. The molecule has 0 atom stereocenters. The number of carbonyl (C=O) groups excluding carboxylic acids is 2. The molecule has 0 radical (unpaired) electrons. The molecule has 0 saturated carbocycles. The number of esters is 1. The van der Waals surface area contributed by atoms with Crippen molar-refractivity contribution in [3.8, 4) is 23.0 Å². The second-order valence-electron chi connectivity index (χ2n) is 9.76. The fourth-order valence-electron chi connectivity index (χ4n) is 3.48. The van der Waals surface area contributed by atoms with Crippen LogP contribution in [0.2, 0.25) is 0 Å². The lowest BCUT2D eigenvalue weighted by Gasteiger charge is -2.10. The average Bonchev–Trinajstić information content (AvgIpc) is 3.14. The summed E-state index contributed by atoms with van der Waals surface area (Å²) in [6.45, 7) is 13.4. The minimum Gasteiger partial charge on any atom is -0.468 e. The first-order valence-corrected chi connectivity index (χ1v) is 16.8. The summed E-state index contributed by atoms with van der Waals surface area (Å²) in [5.41, 5.74) is 2.23. The highest BCUT2D eigenvalue weighted by Gasteiger charge is 2.13. The number of hydrogen-bond acceptors (Lipinski definition) is 12. The van der Waals surface area contributed by atoms with E-state index in [0.29, 0.717) is 36.5 Å². The van der Waals surface area contributed by atoms with Crippen LogP contribution in [0.15, 0.2) is 66.7 Å². The number of carbonyl (C=O) groups is 2. The third-order valence-electron chi connectivity index (χ3n) is 5.95. The molecule has 0 heterocycles. The van der Waals surface area contributed by atoms with E-state index in [1.54, 1.807) is 25.1 Å². The maximum Gasteiger partial charge on any atom is 0.513 e. The van der Waals surface area contributed by atoms with Gasteiger partial charge in [-0.3, -0.25) is 0 Å². The quantitative estimate of drug-likeness (QED) is 0.0415. The van der Waals surface area contributed by atoms with Crippen molar-refractivity contribution >= 4 is 12.1 Å². The zero-order valence-corrected chi connectivity index (χ0v) is 30.6. The van der Waals surface area contributed by atoms with E-state index in [2.05, 4.69) is 0 Å². The van der Waals surface area contributed by atoms with Gasteiger partial charge in [0.15, 0.2) is 20.4 Å². The summed E-state index contributed by atoms with van der Waals surface area (Å²) in [6, 6.07) is 18.8. The fourth-order valence-corrected chi connectivity index (χ4v) is 3.48. The third kappa shape index (κ3) is 21.7. The highest BCUT2D eigenvalue weighted by Crippen LogP contribution is 2.25. The first-order valence-electron chi connectivity index (χ1n) is 16.8. The summed E-state index contributed by atoms with van der Waals surface area (Å²) in [4.78, 5) is 23.9. The Morgan fingerprint density at radius 3 is 1.80 bits per heavy atom. The van der Waals surface area contributed by atoms with Crippen molar-refractivity contribution in [3.05, 3.63) is 83.4 Å². The van der Waals surface area contributed by atoms with Gasteiger partial charge in [0, 0.05) is 26.9 Å². The van der Waals surface area contributed by atoms with Gasteiger partial charge in [0.1, 0.15) is 23.0 Å². The minimum atomic E-state index is -0.843. The maximum absolute atomic E-state index is 12.3. The van der Waals surface area contributed by atoms with Crippen LogP contribution in [0.3, 0.4) is 0 Å². The van der Waals surface area contributed by atoms with Crippen molar-refractivity contribution in [3.63, 3.8) is 0 Å². The lowest BCUT2D eigenvalue weighted by Crippen LogP contribution is -2.12. The summed E-state index contributed by atoms with van der Waals surface area (Å²) >= 11 is 0. The van der Waals surface area contributed by atoms with Crippen molar-refractivity contribution in [2.75, 3.05) is 53.9 Å². The number of hydrogen-bond donors (Lipinski definition) is 2. The van der Waals surface area contributed by atoms with Crippen LogP contribution in [0, 0.1) is 13.8 Å². The lowest BCUT2D eigenvalue weighted by atomic mass is 10.2. The second kappa shape index (κ2) is 30.8. The number of aliphatic hydroxyl groups is 2. The van der Waals surface area contributed by atoms with Gasteiger partial charge in [-0.1, -0.05) is 45.4 Å². The predicted molar refractivity (Wildman–Crippen MR) is 191 cm³/mol. The van der Waals surface area contributed by atoms with Crippen molar-refractivity contribution in [2.45, 2.75) is 67.2 Å². The van der Waals surface area contributed by atoms with E-state index >= 15 is 0 Å². The normalized spacial score (nSPS) is 9.78. The molecule has 280 valence electrons. The Balaban J connectivity index is 0.000000973. The van der Waals surface area contributed by atoms with E-state index in [4.69, 9.17) is 48.1 Å². The van der Waals surface area contributed by atoms with E-state index in [1.165, 1.54) is 36.9 Å². The standard InChI is InChI=1S/C21H24O8.C13H20O4.2C2H6/c1-15-13-18(27-14-25-2)9-10-19(15)29-20(23)16-5-7-17(8-6-16)28-21(24)26-12-4-3-11-22;1-12-4-6-13(7-5-12)17-11-16-10-15-9-3-2-8-14;2*1-2/h5-10,13,22H,3-4,11-12,14H2,1-2H3;4-7,14H,2-3,8-11H2,1H3;2*1-2H3. The van der Waals surface area contributed by atoms with Gasteiger partial charge < -0.3 is 48.1 Å². The Morgan fingerprint density at radius 1 is 0.620 bits per heavy atom. The minimum absolute atomic E-state index is 0.0429. The van der Waals surface area contributed by atoms with Crippen LogP contribution in [0.5, 0.6) is 23.0 Å². The van der Waals surface area contributed by atoms with E-state index in [-0.39, 0.29) is 45.9 Å². The Labute approximate surface area is 297 Å². The topological polar surface area (TPSA) is 148 Å². The summed E-state index contributed by atoms with van der Waals surface area (Å²) in [6.07, 6.45) is 1.87. The van der Waals surface area contributed by atoms with Crippen molar-refractivity contribution in [1.82, 2.24) is 0 Å².